The molecule has 0 radical (unpaired) electrons. The Labute approximate surface area is 172 Å². The van der Waals surface area contributed by atoms with Gasteiger partial charge in [0.1, 0.15) is 5.72 Å². The van der Waals surface area contributed by atoms with E-state index in [2.05, 4.69) is 5.32 Å². The Morgan fingerprint density at radius 1 is 1.33 bits per heavy atom. The molecule has 2 N–H and O–H groups in total. The highest BCUT2D eigenvalue weighted by atomic mass is 16.6. The zero-order valence-electron chi connectivity index (χ0n) is 16.4. The summed E-state index contributed by atoms with van der Waals surface area (Å²) in [5.74, 6) is -2.85. The molecule has 1 saturated carbocycles. The number of amides is 1. The Morgan fingerprint density at radius 3 is 2.50 bits per heavy atom. The van der Waals surface area contributed by atoms with Gasteiger partial charge in [-0.1, -0.05) is 19.4 Å². The fourth-order valence-corrected chi connectivity index (χ4v) is 4.99. The van der Waals surface area contributed by atoms with Gasteiger partial charge in [0, 0.05) is 24.3 Å². The van der Waals surface area contributed by atoms with Crippen LogP contribution < -0.4 is 10.1 Å². The van der Waals surface area contributed by atoms with Crippen molar-refractivity contribution in [3.05, 3.63) is 33.9 Å². The predicted octanol–water partition coefficient (Wildman–Crippen LogP) is 1.87. The van der Waals surface area contributed by atoms with Gasteiger partial charge in [0.05, 0.1) is 30.2 Å². The fourth-order valence-electron chi connectivity index (χ4n) is 4.99. The van der Waals surface area contributed by atoms with Gasteiger partial charge < -0.3 is 15.2 Å². The quantitative estimate of drug-likeness (QED) is 0.547. The number of nitriles is 3. The summed E-state index contributed by atoms with van der Waals surface area (Å²) in [7, 11) is 1.27. The molecular weight excluding hydrogens is 390 g/mol. The van der Waals surface area contributed by atoms with Gasteiger partial charge in [0.2, 0.25) is 5.91 Å². The van der Waals surface area contributed by atoms with Gasteiger partial charge in [0.25, 0.3) is 0 Å². The molecule has 1 aromatic carbocycles. The number of fused-ring (bicyclic) bond motifs is 2. The van der Waals surface area contributed by atoms with E-state index in [-0.39, 0.29) is 17.0 Å². The second-order valence-electron chi connectivity index (χ2n) is 7.67. The Hall–Kier alpha value is -3.68. The van der Waals surface area contributed by atoms with Crippen LogP contribution in [0.15, 0.2) is 18.2 Å². The number of nitro groups is 1. The van der Waals surface area contributed by atoms with Crippen LogP contribution in [0.5, 0.6) is 5.75 Å². The number of ether oxygens (including phenoxy) is 1. The summed E-state index contributed by atoms with van der Waals surface area (Å²) < 4.78 is 5.02. The van der Waals surface area contributed by atoms with Crippen molar-refractivity contribution >= 4 is 11.6 Å². The summed E-state index contributed by atoms with van der Waals surface area (Å²) in [6.07, 6.45) is 0.452. The van der Waals surface area contributed by atoms with Crippen molar-refractivity contribution in [3.63, 3.8) is 0 Å². The summed E-state index contributed by atoms with van der Waals surface area (Å²) in [4.78, 5) is 23.7. The number of methoxy groups -OCH3 is 1. The fraction of sp³-hybridized carbons (Fsp3) is 0.500. The van der Waals surface area contributed by atoms with Crippen molar-refractivity contribution in [2.24, 2.45) is 16.7 Å². The molecule has 1 aromatic rings. The van der Waals surface area contributed by atoms with Gasteiger partial charge in [-0.2, -0.15) is 15.8 Å². The van der Waals surface area contributed by atoms with Gasteiger partial charge in [-0.3, -0.25) is 14.9 Å². The molecule has 1 aliphatic carbocycles. The van der Waals surface area contributed by atoms with E-state index in [1.54, 1.807) is 0 Å². The molecule has 2 fully saturated rings. The number of rotatable bonds is 5. The molecule has 3 rings (SSSR count). The molecule has 4 unspecified atom stereocenters. The van der Waals surface area contributed by atoms with Crippen molar-refractivity contribution < 1.29 is 19.6 Å². The van der Waals surface area contributed by atoms with E-state index in [0.717, 1.165) is 0 Å². The van der Waals surface area contributed by atoms with E-state index < -0.39 is 45.6 Å². The molecular formula is C20H19N5O5. The molecule has 30 heavy (non-hydrogen) atoms. The summed E-state index contributed by atoms with van der Waals surface area (Å²) in [6.45, 7) is 1.83. The molecule has 0 aromatic heterocycles. The minimum Gasteiger partial charge on any atom is -0.490 e. The van der Waals surface area contributed by atoms with Gasteiger partial charge in [-0.25, -0.2) is 0 Å². The van der Waals surface area contributed by atoms with Crippen LogP contribution >= 0.6 is 0 Å². The minimum atomic E-state index is -2.16. The minimum absolute atomic E-state index is 0.0167. The maximum absolute atomic E-state index is 12.8. The molecule has 0 spiro atoms. The standard InChI is InChI=1S/C20H19N5O5/c1-3-4-13-16(12-5-6-15(30-2)14(7-12)25(28)29)19(10-22,11-23)18(9-21)8-20(13,27)24-17(18)26/h5-7,13,16,27H,3-4,8H2,1-2H3,(H,24,26). The third kappa shape index (κ3) is 2.46. The predicted molar refractivity (Wildman–Crippen MR) is 100 cm³/mol. The van der Waals surface area contributed by atoms with Gasteiger partial charge in [0.15, 0.2) is 16.6 Å². The first-order valence-electron chi connectivity index (χ1n) is 9.31. The van der Waals surface area contributed by atoms with E-state index in [4.69, 9.17) is 4.74 Å². The third-order valence-electron chi connectivity index (χ3n) is 6.31. The van der Waals surface area contributed by atoms with Crippen LogP contribution in [-0.4, -0.2) is 28.8 Å². The van der Waals surface area contributed by atoms with Crippen LogP contribution in [0.4, 0.5) is 5.69 Å². The largest absolute Gasteiger partial charge is 0.490 e. The molecule has 10 nitrogen and oxygen atoms in total. The van der Waals surface area contributed by atoms with Crippen LogP contribution in [0.2, 0.25) is 0 Å². The highest BCUT2D eigenvalue weighted by Gasteiger charge is 2.76. The van der Waals surface area contributed by atoms with Gasteiger partial charge >= 0.3 is 5.69 Å². The number of benzene rings is 1. The number of hydrogen-bond donors (Lipinski definition) is 2. The molecule has 2 aliphatic rings. The lowest BCUT2D eigenvalue weighted by atomic mass is 9.48. The number of nitrogens with one attached hydrogen (secondary N) is 1. The third-order valence-corrected chi connectivity index (χ3v) is 6.31. The van der Waals surface area contributed by atoms with Crippen LogP contribution in [0.1, 0.15) is 37.7 Å². The summed E-state index contributed by atoms with van der Waals surface area (Å²) >= 11 is 0. The molecule has 154 valence electrons. The zero-order chi connectivity index (χ0) is 22.3. The van der Waals surface area contributed by atoms with Crippen LogP contribution in [-0.2, 0) is 4.79 Å². The second-order valence-corrected chi connectivity index (χ2v) is 7.67. The number of hydrogen-bond acceptors (Lipinski definition) is 8. The average molecular weight is 409 g/mol. The smallest absolute Gasteiger partial charge is 0.311 e. The van der Waals surface area contributed by atoms with Crippen molar-refractivity contribution in [1.29, 1.82) is 15.8 Å². The van der Waals surface area contributed by atoms with E-state index in [9.17, 15) is 35.8 Å². The summed E-state index contributed by atoms with van der Waals surface area (Å²) in [5, 5.41) is 55.3. The molecule has 10 heteroatoms. The Bertz CT molecular complexity index is 1040. The Kier molecular flexibility index (Phi) is 4.90. The van der Waals surface area contributed by atoms with E-state index in [1.807, 2.05) is 25.1 Å². The van der Waals surface area contributed by atoms with Crippen LogP contribution in [0, 0.1) is 60.9 Å². The maximum atomic E-state index is 12.8. The van der Waals surface area contributed by atoms with Gasteiger partial charge in [-0.15, -0.1) is 0 Å². The maximum Gasteiger partial charge on any atom is 0.311 e. The first kappa shape index (κ1) is 21.0. The van der Waals surface area contributed by atoms with Crippen LogP contribution in [0.25, 0.3) is 0 Å². The Morgan fingerprint density at radius 2 is 2.00 bits per heavy atom. The van der Waals surface area contributed by atoms with Gasteiger partial charge in [-0.05, 0) is 18.1 Å². The lowest BCUT2D eigenvalue weighted by molar-refractivity contribution is -0.385. The normalized spacial score (nSPS) is 31.0. The zero-order valence-corrected chi connectivity index (χ0v) is 16.4. The second kappa shape index (κ2) is 6.98. The summed E-state index contributed by atoms with van der Waals surface area (Å²) in [6, 6.07) is 9.59. The van der Waals surface area contributed by atoms with Crippen molar-refractivity contribution in [1.82, 2.24) is 5.32 Å². The number of carbonyl (C=O) groups is 1. The topological polar surface area (TPSA) is 173 Å². The SMILES string of the molecule is CCCC1C(c2ccc(OC)c([N+](=O)[O-])c2)C(C#N)(C#N)C2(C#N)CC1(O)NC2=O. The molecule has 1 heterocycles. The van der Waals surface area contributed by atoms with E-state index in [0.29, 0.717) is 12.8 Å². The highest BCUT2D eigenvalue weighted by molar-refractivity contribution is 5.92. The monoisotopic (exact) mass is 409 g/mol. The first-order chi connectivity index (χ1) is 14.2. The molecule has 1 aliphatic heterocycles. The molecule has 4 atom stereocenters. The average Bonchev–Trinajstić information content (AvgIpc) is 2.99. The Balaban J connectivity index is 2.37. The number of aliphatic hydroxyl groups is 1. The summed E-state index contributed by atoms with van der Waals surface area (Å²) in [5.41, 5.74) is -6.27. The van der Waals surface area contributed by atoms with Crippen molar-refractivity contribution in [2.75, 3.05) is 7.11 Å². The van der Waals surface area contributed by atoms with Crippen molar-refractivity contribution in [3.8, 4) is 24.0 Å². The van der Waals surface area contributed by atoms with Crippen LogP contribution in [0.3, 0.4) is 0 Å². The lowest BCUT2D eigenvalue weighted by Crippen LogP contribution is -2.57. The van der Waals surface area contributed by atoms with E-state index >= 15 is 0 Å². The lowest BCUT2D eigenvalue weighted by Gasteiger charge is -2.49. The van der Waals surface area contributed by atoms with E-state index in [1.165, 1.54) is 25.3 Å². The molecule has 2 bridgehead atoms. The number of nitrogens with zero attached hydrogens (tertiary/aromatic N) is 4. The molecule has 1 amide bonds. The molecule has 1 saturated heterocycles. The number of carbonyl (C=O) groups excluding carboxylic acids is 1. The van der Waals surface area contributed by atoms with Crippen molar-refractivity contribution in [2.45, 2.75) is 37.8 Å². The number of nitro benzene ring substituents is 1. The highest BCUT2D eigenvalue weighted by Crippen LogP contribution is 2.65. The first-order valence-corrected chi connectivity index (χ1v) is 9.31.